The Morgan fingerprint density at radius 3 is 2.29 bits per heavy atom. The van der Waals surface area contributed by atoms with Crippen LogP contribution in [0.2, 0.25) is 0 Å². The minimum atomic E-state index is 0. The molecule has 4 aromatic rings. The molecule has 118 valence electrons. The molecule has 0 atom stereocenters. The standard InChI is InChI=1S/C22H19O.Zr/c1-14-11-18-12-19(21-10-9-15(2)23-21)13-20(18)22(16(14)3)17-7-5-4-6-8-17;/h4-13H,1-3H3;/q-1;. The maximum absolute atomic E-state index is 5.81. The number of hydrogen-bond acceptors (Lipinski definition) is 1. The average Bonchev–Trinajstić information content (AvgIpc) is 3.15. The third-order valence-corrected chi connectivity index (χ3v) is 4.62. The van der Waals surface area contributed by atoms with Gasteiger partial charge in [-0.25, -0.2) is 0 Å². The van der Waals surface area contributed by atoms with E-state index in [-0.39, 0.29) is 26.2 Å². The van der Waals surface area contributed by atoms with Crippen molar-refractivity contribution in [1.29, 1.82) is 0 Å². The molecule has 2 heteroatoms. The number of rotatable bonds is 2. The van der Waals surface area contributed by atoms with Gasteiger partial charge in [0.05, 0.1) is 11.5 Å². The van der Waals surface area contributed by atoms with Crippen molar-refractivity contribution in [3.05, 3.63) is 77.6 Å². The van der Waals surface area contributed by atoms with Crippen LogP contribution in [0.15, 0.2) is 65.1 Å². The van der Waals surface area contributed by atoms with E-state index in [1.54, 1.807) is 0 Å². The molecular weight excluding hydrogens is 371 g/mol. The van der Waals surface area contributed by atoms with E-state index >= 15 is 0 Å². The van der Waals surface area contributed by atoms with Crippen molar-refractivity contribution in [2.45, 2.75) is 20.8 Å². The normalized spacial score (nSPS) is 10.8. The Kier molecular flexibility index (Phi) is 4.70. The molecule has 0 N–H and O–H groups in total. The molecule has 3 aromatic carbocycles. The second kappa shape index (κ2) is 6.61. The van der Waals surface area contributed by atoms with Gasteiger partial charge in [0.15, 0.2) is 0 Å². The van der Waals surface area contributed by atoms with Crippen LogP contribution in [-0.4, -0.2) is 0 Å². The molecule has 0 saturated carbocycles. The second-order valence-electron chi connectivity index (χ2n) is 6.22. The van der Waals surface area contributed by atoms with Gasteiger partial charge in [-0.15, -0.1) is 29.0 Å². The van der Waals surface area contributed by atoms with Gasteiger partial charge in [0.2, 0.25) is 0 Å². The molecule has 0 spiro atoms. The first kappa shape index (κ1) is 17.0. The molecule has 0 aliphatic carbocycles. The van der Waals surface area contributed by atoms with E-state index in [1.165, 1.54) is 33.0 Å². The fourth-order valence-electron chi connectivity index (χ4n) is 3.31. The van der Waals surface area contributed by atoms with Crippen LogP contribution in [0.1, 0.15) is 16.9 Å². The van der Waals surface area contributed by atoms with Crippen molar-refractivity contribution < 1.29 is 30.6 Å². The number of furan rings is 1. The van der Waals surface area contributed by atoms with Crippen LogP contribution in [0.4, 0.5) is 0 Å². The summed E-state index contributed by atoms with van der Waals surface area (Å²) < 4.78 is 5.81. The van der Waals surface area contributed by atoms with Crippen molar-refractivity contribution in [1.82, 2.24) is 0 Å². The van der Waals surface area contributed by atoms with Gasteiger partial charge in [-0.3, -0.25) is 0 Å². The molecule has 24 heavy (non-hydrogen) atoms. The summed E-state index contributed by atoms with van der Waals surface area (Å²) in [6.07, 6.45) is 0. The molecule has 0 radical (unpaired) electrons. The molecular formula is C22H19OZr-. The zero-order valence-corrected chi connectivity index (χ0v) is 16.6. The Balaban J connectivity index is 0.00000169. The summed E-state index contributed by atoms with van der Waals surface area (Å²) in [5.74, 6) is 1.88. The van der Waals surface area contributed by atoms with Crippen LogP contribution >= 0.6 is 0 Å². The van der Waals surface area contributed by atoms with E-state index in [0.29, 0.717) is 0 Å². The molecule has 1 aromatic heterocycles. The quantitative estimate of drug-likeness (QED) is 0.361. The largest absolute Gasteiger partial charge is 0.496 e. The molecule has 0 bridgehead atoms. The van der Waals surface area contributed by atoms with E-state index in [0.717, 1.165) is 17.1 Å². The van der Waals surface area contributed by atoms with Gasteiger partial charge in [-0.2, -0.15) is 0 Å². The Hall–Kier alpha value is -1.79. The average molecular weight is 391 g/mol. The Morgan fingerprint density at radius 2 is 1.62 bits per heavy atom. The predicted octanol–water partition coefficient (Wildman–Crippen LogP) is 6.41. The minimum absolute atomic E-state index is 0. The van der Waals surface area contributed by atoms with E-state index in [1.807, 2.05) is 19.1 Å². The topological polar surface area (TPSA) is 13.1 Å². The molecule has 0 unspecified atom stereocenters. The van der Waals surface area contributed by atoms with Gasteiger partial charge >= 0.3 is 0 Å². The number of aryl methyl sites for hydroxylation is 2. The first-order valence-electron chi connectivity index (χ1n) is 7.96. The van der Waals surface area contributed by atoms with Gasteiger partial charge in [0, 0.05) is 26.2 Å². The van der Waals surface area contributed by atoms with E-state index in [2.05, 4.69) is 62.4 Å². The van der Waals surface area contributed by atoms with Crippen molar-refractivity contribution >= 4 is 10.8 Å². The Bertz CT molecular complexity index is 990. The smallest absolute Gasteiger partial charge is 0.0896 e. The third-order valence-electron chi connectivity index (χ3n) is 4.62. The summed E-state index contributed by atoms with van der Waals surface area (Å²) in [5.41, 5.74) is 6.41. The van der Waals surface area contributed by atoms with Gasteiger partial charge in [-0.1, -0.05) is 47.0 Å². The predicted molar refractivity (Wildman–Crippen MR) is 96.9 cm³/mol. The molecule has 0 aliphatic heterocycles. The SMILES string of the molecule is Cc1ccc(-c2cc3c(-c4ccccc4)c(C)c(C)cc3[cH-]2)o1.[Zr]. The van der Waals surface area contributed by atoms with Crippen LogP contribution in [0.5, 0.6) is 0 Å². The fraction of sp³-hybridized carbons (Fsp3) is 0.136. The van der Waals surface area contributed by atoms with Crippen LogP contribution in [-0.2, 0) is 26.2 Å². The molecule has 1 heterocycles. The third kappa shape index (κ3) is 2.84. The van der Waals surface area contributed by atoms with Crippen LogP contribution in [0, 0.1) is 20.8 Å². The molecule has 0 amide bonds. The van der Waals surface area contributed by atoms with Crippen LogP contribution < -0.4 is 0 Å². The Labute approximate surface area is 161 Å². The van der Waals surface area contributed by atoms with Crippen LogP contribution in [0.25, 0.3) is 33.2 Å². The van der Waals surface area contributed by atoms with Gasteiger partial charge < -0.3 is 4.42 Å². The van der Waals surface area contributed by atoms with Crippen molar-refractivity contribution in [3.63, 3.8) is 0 Å². The summed E-state index contributed by atoms with van der Waals surface area (Å²) in [5, 5.41) is 2.57. The molecule has 0 aliphatic rings. The van der Waals surface area contributed by atoms with E-state index in [4.69, 9.17) is 4.42 Å². The van der Waals surface area contributed by atoms with Crippen molar-refractivity contribution in [2.24, 2.45) is 0 Å². The zero-order valence-electron chi connectivity index (χ0n) is 14.2. The summed E-state index contributed by atoms with van der Waals surface area (Å²) >= 11 is 0. The summed E-state index contributed by atoms with van der Waals surface area (Å²) in [7, 11) is 0. The maximum atomic E-state index is 5.81. The maximum Gasteiger partial charge on any atom is 0.0896 e. The summed E-state index contributed by atoms with van der Waals surface area (Å²) in [6, 6.07) is 21.5. The summed E-state index contributed by atoms with van der Waals surface area (Å²) in [6.45, 7) is 6.38. The van der Waals surface area contributed by atoms with E-state index < -0.39 is 0 Å². The minimum Gasteiger partial charge on any atom is -0.496 e. The van der Waals surface area contributed by atoms with E-state index in [9.17, 15) is 0 Å². The monoisotopic (exact) mass is 389 g/mol. The fourth-order valence-corrected chi connectivity index (χ4v) is 3.31. The number of fused-ring (bicyclic) bond motifs is 1. The summed E-state index contributed by atoms with van der Waals surface area (Å²) in [4.78, 5) is 0. The van der Waals surface area contributed by atoms with Crippen molar-refractivity contribution in [2.75, 3.05) is 0 Å². The van der Waals surface area contributed by atoms with Gasteiger partial charge in [0.1, 0.15) is 0 Å². The van der Waals surface area contributed by atoms with Gasteiger partial charge in [0.25, 0.3) is 0 Å². The Morgan fingerprint density at radius 1 is 0.875 bits per heavy atom. The van der Waals surface area contributed by atoms with Gasteiger partial charge in [-0.05, 0) is 44.0 Å². The van der Waals surface area contributed by atoms with Crippen molar-refractivity contribution in [3.8, 4) is 22.5 Å². The first-order valence-corrected chi connectivity index (χ1v) is 7.96. The first-order chi connectivity index (χ1) is 11.1. The molecule has 0 fully saturated rings. The molecule has 1 nitrogen and oxygen atoms in total. The number of benzene rings is 2. The molecule has 4 rings (SSSR count). The zero-order chi connectivity index (χ0) is 16.0. The second-order valence-corrected chi connectivity index (χ2v) is 6.22. The number of hydrogen-bond donors (Lipinski definition) is 0. The molecule has 0 saturated heterocycles. The van der Waals surface area contributed by atoms with Crippen LogP contribution in [0.3, 0.4) is 0 Å².